The first kappa shape index (κ1) is 29.3. The normalized spacial score (nSPS) is 14.7. The number of carbonyl (C=O) groups is 2. The lowest BCUT2D eigenvalue weighted by Crippen LogP contribution is -2.46. The van der Waals surface area contributed by atoms with Crippen LogP contribution in [-0.4, -0.2) is 53.8 Å². The van der Waals surface area contributed by atoms with Gasteiger partial charge in [-0.25, -0.2) is 19.0 Å². The molecule has 1 aliphatic rings. The SMILES string of the molecule is COc1c(CCN2C=CC2C(=O)OC(=O)C(F)(F)F)cc(F)cc1-c1cnc(-c2ccc(OC(C)C)c(Cl)c2)s1. The summed E-state index contributed by atoms with van der Waals surface area (Å²) in [6.45, 7) is 3.91. The van der Waals surface area contributed by atoms with Crippen molar-refractivity contribution in [3.63, 3.8) is 0 Å². The van der Waals surface area contributed by atoms with Crippen molar-refractivity contribution in [3.8, 4) is 32.5 Å². The average Bonchev–Trinajstić information content (AvgIpc) is 3.33. The van der Waals surface area contributed by atoms with E-state index >= 15 is 0 Å². The summed E-state index contributed by atoms with van der Waals surface area (Å²) < 4.78 is 67.1. The molecule has 40 heavy (non-hydrogen) atoms. The molecular formula is C27H23ClF4N2O5S. The zero-order chi connectivity index (χ0) is 29.2. The molecule has 0 fully saturated rings. The van der Waals surface area contributed by atoms with Crippen molar-refractivity contribution in [3.05, 3.63) is 65.2 Å². The van der Waals surface area contributed by atoms with E-state index in [4.69, 9.17) is 21.1 Å². The van der Waals surface area contributed by atoms with Gasteiger partial charge in [-0.3, -0.25) is 0 Å². The molecule has 0 saturated heterocycles. The highest BCUT2D eigenvalue weighted by atomic mass is 35.5. The molecule has 1 aromatic heterocycles. The number of ether oxygens (including phenoxy) is 3. The molecule has 0 amide bonds. The van der Waals surface area contributed by atoms with E-state index in [1.807, 2.05) is 19.9 Å². The van der Waals surface area contributed by atoms with Crippen LogP contribution >= 0.6 is 22.9 Å². The molecule has 212 valence electrons. The summed E-state index contributed by atoms with van der Waals surface area (Å²) in [6, 6.07) is 6.75. The Balaban J connectivity index is 1.51. The van der Waals surface area contributed by atoms with Crippen molar-refractivity contribution in [2.24, 2.45) is 0 Å². The maximum absolute atomic E-state index is 14.7. The lowest BCUT2D eigenvalue weighted by molar-refractivity contribution is -0.203. The monoisotopic (exact) mass is 598 g/mol. The number of alkyl halides is 3. The van der Waals surface area contributed by atoms with Crippen molar-refractivity contribution in [1.82, 2.24) is 9.88 Å². The van der Waals surface area contributed by atoms with Crippen LogP contribution in [0.25, 0.3) is 21.0 Å². The summed E-state index contributed by atoms with van der Waals surface area (Å²) in [7, 11) is 1.43. The van der Waals surface area contributed by atoms with E-state index in [1.54, 1.807) is 18.3 Å². The summed E-state index contributed by atoms with van der Waals surface area (Å²) in [6.07, 6.45) is -0.793. The van der Waals surface area contributed by atoms with E-state index in [9.17, 15) is 27.2 Å². The second-order valence-corrected chi connectivity index (χ2v) is 10.4. The van der Waals surface area contributed by atoms with Gasteiger partial charge in [0.15, 0.2) is 0 Å². The fourth-order valence-corrected chi connectivity index (χ4v) is 5.11. The molecule has 0 bridgehead atoms. The molecule has 13 heteroatoms. The Kier molecular flexibility index (Phi) is 8.69. The van der Waals surface area contributed by atoms with Crippen molar-refractivity contribution >= 4 is 34.9 Å². The predicted molar refractivity (Wildman–Crippen MR) is 141 cm³/mol. The van der Waals surface area contributed by atoms with E-state index in [0.29, 0.717) is 37.5 Å². The Hall–Kier alpha value is -3.64. The lowest BCUT2D eigenvalue weighted by atomic mass is 10.0. The fourth-order valence-electron chi connectivity index (χ4n) is 3.96. The molecule has 3 aromatic rings. The van der Waals surface area contributed by atoms with E-state index in [2.05, 4.69) is 9.72 Å². The van der Waals surface area contributed by atoms with Gasteiger partial charge in [-0.05, 0) is 68.4 Å². The number of methoxy groups -OCH3 is 1. The zero-order valence-corrected chi connectivity index (χ0v) is 23.0. The third-order valence-corrected chi connectivity index (χ3v) is 7.15. The molecule has 2 aromatic carbocycles. The molecule has 4 rings (SSSR count). The number of esters is 2. The Morgan fingerprint density at radius 1 is 1.20 bits per heavy atom. The van der Waals surface area contributed by atoms with Crippen LogP contribution in [0.3, 0.4) is 0 Å². The van der Waals surface area contributed by atoms with Crippen LogP contribution < -0.4 is 9.47 Å². The van der Waals surface area contributed by atoms with Gasteiger partial charge in [0, 0.05) is 23.9 Å². The summed E-state index contributed by atoms with van der Waals surface area (Å²) >= 11 is 7.67. The first-order valence-corrected chi connectivity index (χ1v) is 13.1. The molecule has 1 unspecified atom stereocenters. The third-order valence-electron chi connectivity index (χ3n) is 5.77. The van der Waals surface area contributed by atoms with Gasteiger partial charge in [0.25, 0.3) is 0 Å². The standard InChI is InChI=1S/C27H23ClF4N2O5S/c1-14(2)38-21-5-4-16(11-19(21)28)24-33-13-22(40-24)18-12-17(29)10-15(23(18)37-3)6-8-34-9-7-20(34)25(35)39-26(36)27(30,31)32/h4-5,7,9-14,20H,6,8H2,1-3H3. The van der Waals surface area contributed by atoms with Crippen LogP contribution in [0.15, 0.2) is 48.8 Å². The maximum atomic E-state index is 14.7. The molecule has 2 heterocycles. The third kappa shape index (κ3) is 6.56. The van der Waals surface area contributed by atoms with Crippen LogP contribution in [0, 0.1) is 5.82 Å². The quantitative estimate of drug-likeness (QED) is 0.159. The van der Waals surface area contributed by atoms with Crippen LogP contribution in [0.4, 0.5) is 17.6 Å². The van der Waals surface area contributed by atoms with Gasteiger partial charge < -0.3 is 19.1 Å². The number of carbonyl (C=O) groups excluding carboxylic acids is 2. The highest BCUT2D eigenvalue weighted by Crippen LogP contribution is 2.41. The molecule has 0 aliphatic carbocycles. The van der Waals surface area contributed by atoms with Gasteiger partial charge in [0.2, 0.25) is 0 Å². The number of hydrogen-bond donors (Lipinski definition) is 0. The van der Waals surface area contributed by atoms with E-state index < -0.39 is 30.0 Å². The van der Waals surface area contributed by atoms with Crippen LogP contribution in [0.2, 0.25) is 5.02 Å². The highest BCUT2D eigenvalue weighted by Gasteiger charge is 2.44. The van der Waals surface area contributed by atoms with Gasteiger partial charge >= 0.3 is 18.1 Å². The minimum atomic E-state index is -5.28. The molecule has 0 spiro atoms. The minimum absolute atomic E-state index is 0.0418. The Bertz CT molecular complexity index is 1460. The Morgan fingerprint density at radius 2 is 1.95 bits per heavy atom. The van der Waals surface area contributed by atoms with Crippen molar-refractivity contribution in [2.45, 2.75) is 38.6 Å². The number of thiazole rings is 1. The number of halogens is 5. The van der Waals surface area contributed by atoms with Crippen LogP contribution in [-0.2, 0) is 20.7 Å². The molecule has 0 N–H and O–H groups in total. The average molecular weight is 599 g/mol. The first-order valence-electron chi connectivity index (χ1n) is 11.9. The smallest absolute Gasteiger partial charge is 0.491 e. The number of hydrogen-bond acceptors (Lipinski definition) is 8. The van der Waals surface area contributed by atoms with Crippen LogP contribution in [0.1, 0.15) is 19.4 Å². The topological polar surface area (TPSA) is 78.0 Å². The zero-order valence-electron chi connectivity index (χ0n) is 21.4. The molecule has 0 radical (unpaired) electrons. The van der Waals surface area contributed by atoms with Gasteiger partial charge in [0.05, 0.1) is 23.1 Å². The summed E-state index contributed by atoms with van der Waals surface area (Å²) in [5, 5.41) is 1.07. The Morgan fingerprint density at radius 3 is 2.55 bits per heavy atom. The molecule has 1 aliphatic heterocycles. The highest BCUT2D eigenvalue weighted by molar-refractivity contribution is 7.18. The molecule has 1 atom stereocenters. The molecule has 7 nitrogen and oxygen atoms in total. The fraction of sp³-hybridized carbons (Fsp3) is 0.296. The summed E-state index contributed by atoms with van der Waals surface area (Å²) in [4.78, 5) is 29.4. The van der Waals surface area contributed by atoms with Crippen LogP contribution in [0.5, 0.6) is 11.5 Å². The maximum Gasteiger partial charge on any atom is 0.491 e. The summed E-state index contributed by atoms with van der Waals surface area (Å²) in [5.74, 6) is -3.54. The summed E-state index contributed by atoms with van der Waals surface area (Å²) in [5.41, 5.74) is 1.67. The second-order valence-electron chi connectivity index (χ2n) is 8.97. The van der Waals surface area contributed by atoms with Gasteiger partial charge in [-0.2, -0.15) is 13.2 Å². The van der Waals surface area contributed by atoms with E-state index in [-0.39, 0.29) is 19.1 Å². The lowest BCUT2D eigenvalue weighted by Gasteiger charge is -2.33. The van der Waals surface area contributed by atoms with Crippen molar-refractivity contribution in [2.75, 3.05) is 13.7 Å². The van der Waals surface area contributed by atoms with E-state index in [1.165, 1.54) is 47.8 Å². The van der Waals surface area contributed by atoms with Crippen molar-refractivity contribution in [1.29, 1.82) is 0 Å². The van der Waals surface area contributed by atoms with Gasteiger partial charge in [-0.1, -0.05) is 11.6 Å². The first-order chi connectivity index (χ1) is 18.9. The predicted octanol–water partition coefficient (Wildman–Crippen LogP) is 6.44. The second kappa shape index (κ2) is 11.8. The number of aromatic nitrogens is 1. The number of benzene rings is 2. The largest absolute Gasteiger partial charge is 0.496 e. The Labute approximate surface area is 235 Å². The van der Waals surface area contributed by atoms with E-state index in [0.717, 1.165) is 5.56 Å². The molecule has 0 saturated carbocycles. The van der Waals surface area contributed by atoms with Gasteiger partial charge in [0.1, 0.15) is 28.4 Å². The molecular weight excluding hydrogens is 576 g/mol. The number of nitrogens with zero attached hydrogens (tertiary/aromatic N) is 2. The number of rotatable bonds is 9. The van der Waals surface area contributed by atoms with Crippen molar-refractivity contribution < 1.29 is 41.4 Å². The van der Waals surface area contributed by atoms with Gasteiger partial charge in [-0.15, -0.1) is 11.3 Å². The minimum Gasteiger partial charge on any atom is -0.496 e.